The van der Waals surface area contributed by atoms with Crippen molar-refractivity contribution in [3.8, 4) is 0 Å². The first-order chi connectivity index (χ1) is 12.8. The molecule has 5 rings (SSSR count). The Bertz CT molecular complexity index is 734. The molecule has 1 heterocycles. The van der Waals surface area contributed by atoms with E-state index in [9.17, 15) is 4.79 Å². The Morgan fingerprint density at radius 2 is 1.62 bits per heavy atom. The Morgan fingerprint density at radius 3 is 2.31 bits per heavy atom. The summed E-state index contributed by atoms with van der Waals surface area (Å²) in [6.45, 7) is 2.21. The maximum atomic E-state index is 13.2. The second-order valence-electron chi connectivity index (χ2n) is 8.84. The van der Waals surface area contributed by atoms with Gasteiger partial charge in [-0.25, -0.2) is 0 Å². The summed E-state index contributed by atoms with van der Waals surface area (Å²) < 4.78 is 6.36. The van der Waals surface area contributed by atoms with Crippen LogP contribution in [0.5, 0.6) is 0 Å². The van der Waals surface area contributed by atoms with Crippen LogP contribution < -0.4 is 0 Å². The molecule has 3 aliphatic carbocycles. The summed E-state index contributed by atoms with van der Waals surface area (Å²) in [7, 11) is 0. The van der Waals surface area contributed by atoms with Crippen molar-refractivity contribution in [2.24, 2.45) is 23.7 Å². The Labute approximate surface area is 157 Å². The minimum absolute atomic E-state index is 0.0923. The van der Waals surface area contributed by atoms with Gasteiger partial charge in [0.15, 0.2) is 0 Å². The van der Waals surface area contributed by atoms with Crippen molar-refractivity contribution in [1.82, 2.24) is 0 Å². The van der Waals surface area contributed by atoms with Gasteiger partial charge in [0.25, 0.3) is 0 Å². The van der Waals surface area contributed by atoms with E-state index in [4.69, 9.17) is 4.74 Å². The first-order valence-electron chi connectivity index (χ1n) is 10.8. The number of cyclic esters (lactones) is 1. The predicted octanol–water partition coefficient (Wildman–Crippen LogP) is 5.77. The van der Waals surface area contributed by atoms with Gasteiger partial charge in [0, 0.05) is 5.92 Å². The molecule has 26 heavy (non-hydrogen) atoms. The number of ether oxygens (including phenoxy) is 1. The molecule has 5 unspecified atom stereocenters. The summed E-state index contributed by atoms with van der Waals surface area (Å²) in [6.07, 6.45) is 11.0. The van der Waals surface area contributed by atoms with Gasteiger partial charge >= 0.3 is 5.97 Å². The summed E-state index contributed by atoms with van der Waals surface area (Å²) in [5.41, 5.74) is 4.22. The third-order valence-electron chi connectivity index (χ3n) is 7.86. The number of hydrogen-bond donors (Lipinski definition) is 0. The van der Waals surface area contributed by atoms with Crippen LogP contribution in [0.1, 0.15) is 70.3 Å². The molecule has 1 aromatic rings. The fraction of sp³-hybridized carbons (Fsp3) is 0.625. The highest BCUT2D eigenvalue weighted by atomic mass is 16.6. The zero-order valence-corrected chi connectivity index (χ0v) is 15.9. The van der Waals surface area contributed by atoms with Crippen LogP contribution in [0.4, 0.5) is 0 Å². The van der Waals surface area contributed by atoms with Crippen molar-refractivity contribution in [2.75, 3.05) is 0 Å². The van der Waals surface area contributed by atoms with Gasteiger partial charge in [-0.3, -0.25) is 4.79 Å². The Balaban J connectivity index is 1.68. The molecule has 0 aromatic heterocycles. The first kappa shape index (κ1) is 16.6. The molecule has 0 amide bonds. The molecule has 0 bridgehead atoms. The average Bonchev–Trinajstić information content (AvgIpc) is 3.03. The molecular formula is C24H30O2. The molecule has 0 N–H and O–H groups in total. The lowest BCUT2D eigenvalue weighted by molar-refractivity contribution is -0.153. The van der Waals surface area contributed by atoms with E-state index in [1.54, 1.807) is 11.1 Å². The van der Waals surface area contributed by atoms with E-state index in [1.165, 1.54) is 56.9 Å². The molecule has 3 fully saturated rings. The average molecular weight is 351 g/mol. The van der Waals surface area contributed by atoms with Crippen LogP contribution in [0.3, 0.4) is 0 Å². The topological polar surface area (TPSA) is 26.3 Å². The molecule has 0 spiro atoms. The monoisotopic (exact) mass is 350 g/mol. The van der Waals surface area contributed by atoms with Crippen molar-refractivity contribution in [3.05, 3.63) is 47.0 Å². The highest BCUT2D eigenvalue weighted by Crippen LogP contribution is 2.62. The maximum absolute atomic E-state index is 13.2. The van der Waals surface area contributed by atoms with Crippen molar-refractivity contribution in [3.63, 3.8) is 0 Å². The Kier molecular flexibility index (Phi) is 3.99. The molecule has 2 saturated carbocycles. The lowest BCUT2D eigenvalue weighted by atomic mass is 9.53. The first-order valence-corrected chi connectivity index (χ1v) is 10.8. The van der Waals surface area contributed by atoms with Crippen LogP contribution in [-0.4, -0.2) is 5.97 Å². The van der Waals surface area contributed by atoms with Crippen LogP contribution >= 0.6 is 0 Å². The molecule has 4 aliphatic rings. The standard InChI is InChI=1S/C24H30O2/c1-2-24(16-10-4-3-5-11-16)22-20-15-9-7-13-18(20)17-12-6-8-14-19(17)21(22)23(25)26-24/h3-5,10-11,19-22H,2,6-9,12-15H2,1H3. The number of hydrogen-bond acceptors (Lipinski definition) is 2. The number of allylic oxidation sites excluding steroid dienone is 2. The van der Waals surface area contributed by atoms with Gasteiger partial charge in [0.2, 0.25) is 0 Å². The van der Waals surface area contributed by atoms with Crippen molar-refractivity contribution < 1.29 is 9.53 Å². The SMILES string of the molecule is CCC1(c2ccccc2)OC(=O)C2C3CCCCC3=C3CCCCC3C21. The highest BCUT2D eigenvalue weighted by molar-refractivity contribution is 5.78. The number of rotatable bonds is 2. The van der Waals surface area contributed by atoms with Gasteiger partial charge in [-0.2, -0.15) is 0 Å². The van der Waals surface area contributed by atoms with Crippen LogP contribution in [0.25, 0.3) is 0 Å². The molecule has 1 aliphatic heterocycles. The fourth-order valence-electron chi connectivity index (χ4n) is 6.89. The van der Waals surface area contributed by atoms with Crippen LogP contribution in [0, 0.1) is 23.7 Å². The third kappa shape index (κ3) is 2.20. The van der Waals surface area contributed by atoms with E-state index in [0.29, 0.717) is 17.8 Å². The predicted molar refractivity (Wildman–Crippen MR) is 102 cm³/mol. The highest BCUT2D eigenvalue weighted by Gasteiger charge is 2.63. The lowest BCUT2D eigenvalue weighted by Gasteiger charge is -2.49. The van der Waals surface area contributed by atoms with E-state index in [-0.39, 0.29) is 11.9 Å². The summed E-state index contributed by atoms with van der Waals surface area (Å²) in [4.78, 5) is 13.2. The summed E-state index contributed by atoms with van der Waals surface area (Å²) in [5.74, 6) is 1.55. The van der Waals surface area contributed by atoms with Crippen molar-refractivity contribution in [1.29, 1.82) is 0 Å². The van der Waals surface area contributed by atoms with E-state index >= 15 is 0 Å². The minimum atomic E-state index is -0.417. The van der Waals surface area contributed by atoms with E-state index < -0.39 is 5.60 Å². The van der Waals surface area contributed by atoms with Gasteiger partial charge in [0.05, 0.1) is 5.92 Å². The molecule has 0 radical (unpaired) electrons. The van der Waals surface area contributed by atoms with Gasteiger partial charge in [0.1, 0.15) is 5.60 Å². The Hall–Kier alpha value is -1.57. The van der Waals surface area contributed by atoms with E-state index in [2.05, 4.69) is 37.3 Å². The number of carbonyl (C=O) groups is 1. The zero-order valence-electron chi connectivity index (χ0n) is 15.9. The van der Waals surface area contributed by atoms with E-state index in [0.717, 1.165) is 6.42 Å². The Morgan fingerprint density at radius 1 is 0.962 bits per heavy atom. The van der Waals surface area contributed by atoms with Crippen molar-refractivity contribution >= 4 is 5.97 Å². The molecule has 5 atom stereocenters. The molecule has 1 saturated heterocycles. The van der Waals surface area contributed by atoms with Gasteiger partial charge in [-0.15, -0.1) is 0 Å². The summed E-state index contributed by atoms with van der Waals surface area (Å²) >= 11 is 0. The largest absolute Gasteiger partial charge is 0.454 e. The molecular weight excluding hydrogens is 320 g/mol. The van der Waals surface area contributed by atoms with Crippen molar-refractivity contribution in [2.45, 2.75) is 70.3 Å². The number of benzene rings is 1. The molecule has 2 nitrogen and oxygen atoms in total. The summed E-state index contributed by atoms with van der Waals surface area (Å²) in [6, 6.07) is 10.6. The van der Waals surface area contributed by atoms with Gasteiger partial charge in [-0.05, 0) is 62.3 Å². The van der Waals surface area contributed by atoms with E-state index in [1.807, 2.05) is 0 Å². The van der Waals surface area contributed by atoms with Gasteiger partial charge in [-0.1, -0.05) is 61.2 Å². The smallest absolute Gasteiger partial charge is 0.310 e. The molecule has 1 aromatic carbocycles. The second kappa shape index (κ2) is 6.25. The lowest BCUT2D eigenvalue weighted by Crippen LogP contribution is -2.46. The fourth-order valence-corrected chi connectivity index (χ4v) is 6.89. The van der Waals surface area contributed by atoms with Crippen LogP contribution in [-0.2, 0) is 15.1 Å². The molecule has 138 valence electrons. The molecule has 2 heteroatoms. The number of carbonyl (C=O) groups excluding carboxylic acids is 1. The second-order valence-corrected chi connectivity index (χ2v) is 8.84. The summed E-state index contributed by atoms with van der Waals surface area (Å²) in [5, 5.41) is 0. The van der Waals surface area contributed by atoms with Gasteiger partial charge < -0.3 is 4.74 Å². The minimum Gasteiger partial charge on any atom is -0.454 e. The third-order valence-corrected chi connectivity index (χ3v) is 7.86. The normalized spacial score (nSPS) is 39.0. The maximum Gasteiger partial charge on any atom is 0.310 e. The zero-order chi connectivity index (χ0) is 17.7. The number of esters is 1. The quantitative estimate of drug-likeness (QED) is 0.500. The number of fused-ring (bicyclic) bond motifs is 5. The van der Waals surface area contributed by atoms with Crippen LogP contribution in [0.2, 0.25) is 0 Å². The van der Waals surface area contributed by atoms with Crippen LogP contribution in [0.15, 0.2) is 41.5 Å².